The first-order valence-corrected chi connectivity index (χ1v) is 7.68. The van der Waals surface area contributed by atoms with E-state index in [0.717, 1.165) is 25.3 Å². The molecular weight excluding hydrogens is 270 g/mol. The Balaban J connectivity index is 1.67. The van der Waals surface area contributed by atoms with E-state index in [1.165, 1.54) is 21.9 Å². The van der Waals surface area contributed by atoms with Crippen LogP contribution in [0.15, 0.2) is 66.7 Å². The van der Waals surface area contributed by atoms with Gasteiger partial charge in [-0.25, -0.2) is 0 Å². The lowest BCUT2D eigenvalue weighted by Crippen LogP contribution is -2.16. The second-order valence-corrected chi connectivity index (χ2v) is 5.38. The molecule has 2 heteroatoms. The molecule has 0 amide bonds. The summed E-state index contributed by atoms with van der Waals surface area (Å²) in [6, 6.07) is 23.2. The third-order valence-corrected chi connectivity index (χ3v) is 3.94. The van der Waals surface area contributed by atoms with Crippen molar-refractivity contribution < 1.29 is 4.74 Å². The van der Waals surface area contributed by atoms with Gasteiger partial charge in [-0.2, -0.15) is 0 Å². The number of rotatable bonds is 6. The second-order valence-electron chi connectivity index (χ2n) is 5.38. The highest BCUT2D eigenvalue weighted by Gasteiger charge is 2.05. The molecule has 0 unspecified atom stereocenters. The highest BCUT2D eigenvalue weighted by atomic mass is 16.5. The van der Waals surface area contributed by atoms with E-state index >= 15 is 0 Å². The average molecular weight is 291 g/mol. The largest absolute Gasteiger partial charge is 0.496 e. The van der Waals surface area contributed by atoms with Gasteiger partial charge in [0, 0.05) is 11.9 Å². The Morgan fingerprint density at radius 3 is 2.32 bits per heavy atom. The SMILES string of the molecule is COc1ccc(CNCCc2ccccc2)c2ccccc12. The quantitative estimate of drug-likeness (QED) is 0.688. The number of hydrogen-bond donors (Lipinski definition) is 1. The van der Waals surface area contributed by atoms with Gasteiger partial charge in [0.15, 0.2) is 0 Å². The molecule has 0 radical (unpaired) electrons. The maximum Gasteiger partial charge on any atom is 0.126 e. The molecule has 0 aromatic heterocycles. The van der Waals surface area contributed by atoms with Crippen molar-refractivity contribution in [2.45, 2.75) is 13.0 Å². The predicted octanol–water partition coefficient (Wildman–Crippen LogP) is 4.18. The third kappa shape index (κ3) is 3.29. The van der Waals surface area contributed by atoms with Crippen molar-refractivity contribution >= 4 is 10.8 Å². The van der Waals surface area contributed by atoms with E-state index in [2.05, 4.69) is 72.0 Å². The molecule has 0 saturated heterocycles. The van der Waals surface area contributed by atoms with Crippen LogP contribution in [-0.2, 0) is 13.0 Å². The van der Waals surface area contributed by atoms with E-state index in [1.807, 2.05) is 0 Å². The molecule has 0 atom stereocenters. The molecule has 3 rings (SSSR count). The molecule has 22 heavy (non-hydrogen) atoms. The van der Waals surface area contributed by atoms with Crippen molar-refractivity contribution in [2.75, 3.05) is 13.7 Å². The van der Waals surface area contributed by atoms with Gasteiger partial charge in [0.05, 0.1) is 7.11 Å². The molecular formula is C20H21NO. The zero-order chi connectivity index (χ0) is 15.2. The highest BCUT2D eigenvalue weighted by molar-refractivity contribution is 5.91. The number of benzene rings is 3. The van der Waals surface area contributed by atoms with Gasteiger partial charge in [-0.3, -0.25) is 0 Å². The summed E-state index contributed by atoms with van der Waals surface area (Å²) >= 11 is 0. The topological polar surface area (TPSA) is 21.3 Å². The standard InChI is InChI=1S/C20H21NO/c1-22-20-12-11-17(18-9-5-6-10-19(18)20)15-21-14-13-16-7-3-2-4-8-16/h2-12,21H,13-15H2,1H3. The van der Waals surface area contributed by atoms with Gasteiger partial charge in [-0.1, -0.05) is 60.7 Å². The van der Waals surface area contributed by atoms with E-state index in [9.17, 15) is 0 Å². The molecule has 0 aliphatic carbocycles. The molecule has 0 spiro atoms. The zero-order valence-corrected chi connectivity index (χ0v) is 12.9. The smallest absolute Gasteiger partial charge is 0.126 e. The van der Waals surface area contributed by atoms with Crippen LogP contribution in [0.2, 0.25) is 0 Å². The summed E-state index contributed by atoms with van der Waals surface area (Å²) in [5, 5.41) is 5.97. The maximum absolute atomic E-state index is 5.45. The van der Waals surface area contributed by atoms with Crippen LogP contribution >= 0.6 is 0 Å². The first-order chi connectivity index (χ1) is 10.9. The Morgan fingerprint density at radius 1 is 0.818 bits per heavy atom. The average Bonchev–Trinajstić information content (AvgIpc) is 2.59. The monoisotopic (exact) mass is 291 g/mol. The Labute approximate surface area is 131 Å². The molecule has 2 nitrogen and oxygen atoms in total. The summed E-state index contributed by atoms with van der Waals surface area (Å²) in [4.78, 5) is 0. The molecule has 3 aromatic carbocycles. The first kappa shape index (κ1) is 14.6. The van der Waals surface area contributed by atoms with Crippen molar-refractivity contribution in [1.82, 2.24) is 5.32 Å². The van der Waals surface area contributed by atoms with Crippen molar-refractivity contribution in [3.05, 3.63) is 77.9 Å². The van der Waals surface area contributed by atoms with Gasteiger partial charge in [0.1, 0.15) is 5.75 Å². The predicted molar refractivity (Wildman–Crippen MR) is 92.4 cm³/mol. The number of fused-ring (bicyclic) bond motifs is 1. The lowest BCUT2D eigenvalue weighted by atomic mass is 10.0. The van der Waals surface area contributed by atoms with E-state index < -0.39 is 0 Å². The molecule has 0 saturated carbocycles. The molecule has 0 fully saturated rings. The Bertz CT molecular complexity index is 737. The number of nitrogens with one attached hydrogen (secondary N) is 1. The molecule has 0 bridgehead atoms. The molecule has 112 valence electrons. The van der Waals surface area contributed by atoms with Crippen molar-refractivity contribution in [3.8, 4) is 5.75 Å². The van der Waals surface area contributed by atoms with Crippen molar-refractivity contribution in [1.29, 1.82) is 0 Å². The second kappa shape index (κ2) is 7.10. The van der Waals surface area contributed by atoms with E-state index in [-0.39, 0.29) is 0 Å². The summed E-state index contributed by atoms with van der Waals surface area (Å²) in [7, 11) is 1.72. The summed E-state index contributed by atoms with van der Waals surface area (Å²) in [6.45, 7) is 1.85. The van der Waals surface area contributed by atoms with Gasteiger partial charge in [0.2, 0.25) is 0 Å². The van der Waals surface area contributed by atoms with Crippen LogP contribution in [0.5, 0.6) is 5.75 Å². The van der Waals surface area contributed by atoms with Gasteiger partial charge < -0.3 is 10.1 Å². The number of ether oxygens (including phenoxy) is 1. The van der Waals surface area contributed by atoms with Crippen LogP contribution in [0.1, 0.15) is 11.1 Å². The van der Waals surface area contributed by atoms with Crippen LogP contribution in [0.25, 0.3) is 10.8 Å². The van der Waals surface area contributed by atoms with E-state index in [1.54, 1.807) is 7.11 Å². The van der Waals surface area contributed by atoms with Crippen LogP contribution in [-0.4, -0.2) is 13.7 Å². The fourth-order valence-electron chi connectivity index (χ4n) is 2.77. The normalized spacial score (nSPS) is 10.8. The maximum atomic E-state index is 5.45. The minimum absolute atomic E-state index is 0.872. The van der Waals surface area contributed by atoms with E-state index in [0.29, 0.717) is 0 Å². The van der Waals surface area contributed by atoms with Gasteiger partial charge in [-0.15, -0.1) is 0 Å². The zero-order valence-electron chi connectivity index (χ0n) is 12.9. The van der Waals surface area contributed by atoms with Crippen LogP contribution in [0.3, 0.4) is 0 Å². The van der Waals surface area contributed by atoms with Crippen LogP contribution < -0.4 is 10.1 Å². The first-order valence-electron chi connectivity index (χ1n) is 7.68. The summed E-state index contributed by atoms with van der Waals surface area (Å²) < 4.78 is 5.45. The number of methoxy groups -OCH3 is 1. The van der Waals surface area contributed by atoms with Crippen LogP contribution in [0.4, 0.5) is 0 Å². The van der Waals surface area contributed by atoms with Gasteiger partial charge in [0.25, 0.3) is 0 Å². The Morgan fingerprint density at radius 2 is 1.55 bits per heavy atom. The lowest BCUT2D eigenvalue weighted by Gasteiger charge is -2.11. The van der Waals surface area contributed by atoms with Crippen molar-refractivity contribution in [3.63, 3.8) is 0 Å². The molecule has 3 aromatic rings. The Hall–Kier alpha value is -2.32. The highest BCUT2D eigenvalue weighted by Crippen LogP contribution is 2.28. The van der Waals surface area contributed by atoms with Gasteiger partial charge in [-0.05, 0) is 35.5 Å². The van der Waals surface area contributed by atoms with Gasteiger partial charge >= 0.3 is 0 Å². The molecule has 0 aliphatic heterocycles. The third-order valence-electron chi connectivity index (χ3n) is 3.94. The van der Waals surface area contributed by atoms with Crippen LogP contribution in [0, 0.1) is 0 Å². The minimum atomic E-state index is 0.872. The van der Waals surface area contributed by atoms with E-state index in [4.69, 9.17) is 4.74 Å². The fraction of sp³-hybridized carbons (Fsp3) is 0.200. The minimum Gasteiger partial charge on any atom is -0.496 e. The number of hydrogen-bond acceptors (Lipinski definition) is 2. The summed E-state index contributed by atoms with van der Waals surface area (Å²) in [5.74, 6) is 0.934. The molecule has 0 heterocycles. The molecule has 1 N–H and O–H groups in total. The summed E-state index contributed by atoms with van der Waals surface area (Å²) in [5.41, 5.74) is 2.68. The van der Waals surface area contributed by atoms with Crippen molar-refractivity contribution in [2.24, 2.45) is 0 Å². The molecule has 0 aliphatic rings. The lowest BCUT2D eigenvalue weighted by molar-refractivity contribution is 0.419. The summed E-state index contributed by atoms with van der Waals surface area (Å²) in [6.07, 6.45) is 1.05. The Kier molecular flexibility index (Phi) is 4.71. The fourth-order valence-corrected chi connectivity index (χ4v) is 2.77.